The average molecular weight is 573 g/mol. The summed E-state index contributed by atoms with van der Waals surface area (Å²) in [6.45, 7) is 2.38. The van der Waals surface area contributed by atoms with Crippen LogP contribution < -0.4 is 14.8 Å². The van der Waals surface area contributed by atoms with Crippen LogP contribution >= 0.6 is 39.9 Å². The number of amides is 2. The van der Waals surface area contributed by atoms with Crippen molar-refractivity contribution in [3.8, 4) is 11.5 Å². The van der Waals surface area contributed by atoms with E-state index < -0.39 is 0 Å². The van der Waals surface area contributed by atoms with Gasteiger partial charge in [0.2, 0.25) is 0 Å². The highest BCUT2D eigenvalue weighted by atomic mass is 79.9. The van der Waals surface area contributed by atoms with Crippen molar-refractivity contribution in [2.45, 2.75) is 13.5 Å². The Kier molecular flexibility index (Phi) is 8.27. The molecule has 4 rings (SSSR count). The molecule has 1 aromatic heterocycles. The number of carbonyl (C=O) groups excluding carboxylic acids is 2. The molecule has 0 unspecified atom stereocenters. The molecule has 7 nitrogen and oxygen atoms in total. The molecule has 0 spiro atoms. The molecule has 0 radical (unpaired) electrons. The topological polar surface area (TPSA) is 81.0 Å². The van der Waals surface area contributed by atoms with Crippen molar-refractivity contribution in [1.82, 2.24) is 4.90 Å². The maximum atomic E-state index is 12.9. The molecule has 1 fully saturated rings. The van der Waals surface area contributed by atoms with Gasteiger partial charge in [-0.3, -0.25) is 14.5 Å². The van der Waals surface area contributed by atoms with Crippen LogP contribution in [0.1, 0.15) is 18.2 Å². The lowest BCUT2D eigenvalue weighted by Crippen LogP contribution is -2.27. The van der Waals surface area contributed by atoms with Crippen LogP contribution in [0, 0.1) is 0 Å². The smallest absolute Gasteiger partial charge is 0.266 e. The van der Waals surface area contributed by atoms with Gasteiger partial charge in [-0.15, -0.1) is 0 Å². The molecule has 1 aliphatic rings. The first-order valence-corrected chi connectivity index (χ1v) is 12.7. The van der Waals surface area contributed by atoms with Crippen LogP contribution in [0.4, 0.5) is 5.69 Å². The van der Waals surface area contributed by atoms with Gasteiger partial charge in [0.05, 0.1) is 24.3 Å². The number of hydrogen-bond acceptors (Lipinski definition) is 7. The standard InChI is InChI=1S/C25H21BrN2O5S2/c1-2-31-21-12-16(13-22-24(30)28(25(34)35-22)14-19-4-3-11-32-19)5-10-20(21)33-15-23(29)27-18-8-6-17(26)7-9-18/h3-13H,2,14-15H2,1H3,(H,27,29)/b22-13-. The third-order valence-electron chi connectivity index (χ3n) is 4.82. The summed E-state index contributed by atoms with van der Waals surface area (Å²) in [7, 11) is 0. The van der Waals surface area contributed by atoms with Gasteiger partial charge in [-0.25, -0.2) is 0 Å². The van der Waals surface area contributed by atoms with Gasteiger partial charge in [0.25, 0.3) is 11.8 Å². The van der Waals surface area contributed by atoms with E-state index >= 15 is 0 Å². The number of nitrogens with one attached hydrogen (secondary N) is 1. The Hall–Kier alpha value is -3.08. The molecule has 1 saturated heterocycles. The lowest BCUT2D eigenvalue weighted by molar-refractivity contribution is -0.122. The third-order valence-corrected chi connectivity index (χ3v) is 6.73. The quantitative estimate of drug-likeness (QED) is 0.254. The fourth-order valence-electron chi connectivity index (χ4n) is 3.22. The molecule has 1 aliphatic heterocycles. The SMILES string of the molecule is CCOc1cc(/C=C2\SC(=S)N(Cc3ccco3)C2=O)ccc1OCC(=O)Nc1ccc(Br)cc1. The molecule has 2 amide bonds. The van der Waals surface area contributed by atoms with Crippen molar-refractivity contribution in [2.24, 2.45) is 0 Å². The van der Waals surface area contributed by atoms with Crippen molar-refractivity contribution in [3.05, 3.63) is 81.6 Å². The van der Waals surface area contributed by atoms with Crippen LogP contribution in [0.3, 0.4) is 0 Å². The second-order valence-corrected chi connectivity index (χ2v) is 9.92. The second-order valence-electron chi connectivity index (χ2n) is 7.33. The zero-order valence-electron chi connectivity index (χ0n) is 18.7. The number of thiocarbonyl (C=S) groups is 1. The van der Waals surface area contributed by atoms with E-state index in [1.165, 1.54) is 16.7 Å². The van der Waals surface area contributed by atoms with Crippen LogP contribution in [0.2, 0.25) is 0 Å². The summed E-state index contributed by atoms with van der Waals surface area (Å²) in [6, 6.07) is 16.1. The summed E-state index contributed by atoms with van der Waals surface area (Å²) < 4.78 is 18.2. The lowest BCUT2D eigenvalue weighted by atomic mass is 10.2. The Bertz CT molecular complexity index is 1260. The molecule has 10 heteroatoms. The largest absolute Gasteiger partial charge is 0.490 e. The maximum Gasteiger partial charge on any atom is 0.266 e. The van der Waals surface area contributed by atoms with Crippen molar-refractivity contribution in [3.63, 3.8) is 0 Å². The van der Waals surface area contributed by atoms with E-state index in [9.17, 15) is 9.59 Å². The molecule has 1 N–H and O–H groups in total. The number of nitrogens with zero attached hydrogens (tertiary/aromatic N) is 1. The third kappa shape index (κ3) is 6.53. The highest BCUT2D eigenvalue weighted by molar-refractivity contribution is 9.10. The van der Waals surface area contributed by atoms with Gasteiger partial charge in [0.1, 0.15) is 10.1 Å². The van der Waals surface area contributed by atoms with Crippen LogP contribution in [-0.4, -0.2) is 34.2 Å². The first-order chi connectivity index (χ1) is 16.9. The summed E-state index contributed by atoms with van der Waals surface area (Å²) >= 11 is 9.98. The zero-order chi connectivity index (χ0) is 24.8. The van der Waals surface area contributed by atoms with E-state index in [2.05, 4.69) is 21.2 Å². The summed E-state index contributed by atoms with van der Waals surface area (Å²) in [5.74, 6) is 1.09. The minimum absolute atomic E-state index is 0.180. The summed E-state index contributed by atoms with van der Waals surface area (Å²) in [4.78, 5) is 27.2. The second kappa shape index (κ2) is 11.6. The van der Waals surface area contributed by atoms with E-state index in [1.807, 2.05) is 19.1 Å². The molecule has 0 saturated carbocycles. The average Bonchev–Trinajstić information content (AvgIpc) is 3.44. The highest BCUT2D eigenvalue weighted by Gasteiger charge is 2.32. The van der Waals surface area contributed by atoms with E-state index in [0.717, 1.165) is 10.0 Å². The van der Waals surface area contributed by atoms with Gasteiger partial charge in [0, 0.05) is 10.2 Å². The Morgan fingerprint density at radius 1 is 1.17 bits per heavy atom. The van der Waals surface area contributed by atoms with Gasteiger partial charge in [0.15, 0.2) is 18.1 Å². The number of halogens is 1. The van der Waals surface area contributed by atoms with Crippen LogP contribution in [0.5, 0.6) is 11.5 Å². The molecule has 2 aromatic carbocycles. The van der Waals surface area contributed by atoms with E-state index in [4.69, 9.17) is 26.1 Å². The Morgan fingerprint density at radius 3 is 2.69 bits per heavy atom. The van der Waals surface area contributed by atoms with Crippen molar-refractivity contribution in [2.75, 3.05) is 18.5 Å². The van der Waals surface area contributed by atoms with Gasteiger partial charge in [-0.1, -0.05) is 46.0 Å². The number of carbonyl (C=O) groups is 2. The van der Waals surface area contributed by atoms with E-state index in [-0.39, 0.29) is 25.0 Å². The molecule has 3 aromatic rings. The minimum atomic E-state index is -0.293. The highest BCUT2D eigenvalue weighted by Crippen LogP contribution is 2.35. The van der Waals surface area contributed by atoms with E-state index in [1.54, 1.807) is 54.8 Å². The molecule has 0 bridgehead atoms. The van der Waals surface area contributed by atoms with Crippen LogP contribution in [-0.2, 0) is 16.1 Å². The van der Waals surface area contributed by atoms with Gasteiger partial charge >= 0.3 is 0 Å². The fraction of sp³-hybridized carbons (Fsp3) is 0.160. The van der Waals surface area contributed by atoms with Crippen molar-refractivity contribution < 1.29 is 23.5 Å². The molecular formula is C25H21BrN2O5S2. The van der Waals surface area contributed by atoms with Gasteiger partial charge < -0.3 is 19.2 Å². The van der Waals surface area contributed by atoms with Gasteiger partial charge in [-0.05, 0) is 67.1 Å². The summed E-state index contributed by atoms with van der Waals surface area (Å²) in [5.41, 5.74) is 1.42. The number of furan rings is 1. The Labute approximate surface area is 220 Å². The van der Waals surface area contributed by atoms with Crippen molar-refractivity contribution >= 4 is 67.8 Å². The minimum Gasteiger partial charge on any atom is -0.490 e. The number of benzene rings is 2. The van der Waals surface area contributed by atoms with E-state index in [0.29, 0.717) is 38.8 Å². The first kappa shape index (κ1) is 25.0. The number of rotatable bonds is 9. The Morgan fingerprint density at radius 2 is 1.97 bits per heavy atom. The Balaban J connectivity index is 1.43. The summed E-state index contributed by atoms with van der Waals surface area (Å²) in [6.07, 6.45) is 3.32. The number of anilines is 1. The zero-order valence-corrected chi connectivity index (χ0v) is 21.9. The molecule has 35 heavy (non-hydrogen) atoms. The van der Waals surface area contributed by atoms with Crippen LogP contribution in [0.15, 0.2) is 74.7 Å². The van der Waals surface area contributed by atoms with Crippen LogP contribution in [0.25, 0.3) is 6.08 Å². The summed E-state index contributed by atoms with van der Waals surface area (Å²) in [5, 5.41) is 2.78. The molecule has 180 valence electrons. The number of ether oxygens (including phenoxy) is 2. The molecular weight excluding hydrogens is 552 g/mol. The molecule has 2 heterocycles. The predicted octanol–water partition coefficient (Wildman–Crippen LogP) is 5.86. The fourth-order valence-corrected chi connectivity index (χ4v) is 4.74. The van der Waals surface area contributed by atoms with Crippen molar-refractivity contribution in [1.29, 1.82) is 0 Å². The first-order valence-electron chi connectivity index (χ1n) is 10.7. The maximum absolute atomic E-state index is 12.9. The monoisotopic (exact) mass is 572 g/mol. The lowest BCUT2D eigenvalue weighted by Gasteiger charge is -2.13. The van der Waals surface area contributed by atoms with Gasteiger partial charge in [-0.2, -0.15) is 0 Å². The molecule has 0 aliphatic carbocycles. The predicted molar refractivity (Wildman–Crippen MR) is 143 cm³/mol. The number of thioether (sulfide) groups is 1. The molecule has 0 atom stereocenters. The normalized spacial score (nSPS) is 14.5. The number of hydrogen-bond donors (Lipinski definition) is 1.